The Balaban J connectivity index is 1.43. The third-order valence-electron chi connectivity index (χ3n) is 5.69. The van der Waals surface area contributed by atoms with Gasteiger partial charge in [-0.15, -0.1) is 13.2 Å². The monoisotopic (exact) mass is 486 g/mol. The number of halogens is 4. The van der Waals surface area contributed by atoms with Crippen molar-refractivity contribution in [3.05, 3.63) is 53.5 Å². The van der Waals surface area contributed by atoms with Crippen LogP contribution in [-0.4, -0.2) is 68.5 Å². The first-order chi connectivity index (χ1) is 16.2. The molecule has 0 radical (unpaired) electrons. The number of amides is 1. The fourth-order valence-electron chi connectivity index (χ4n) is 4.10. The second kappa shape index (κ2) is 9.72. The van der Waals surface area contributed by atoms with E-state index in [0.29, 0.717) is 18.5 Å². The Morgan fingerprint density at radius 2 is 2.09 bits per heavy atom. The molecule has 12 heteroatoms. The lowest BCUT2D eigenvalue weighted by Crippen LogP contribution is -2.53. The van der Waals surface area contributed by atoms with Crippen LogP contribution >= 0.6 is 0 Å². The number of carbonyl (C=O) groups excluding carboxylic acids is 1. The molecule has 3 heterocycles. The number of benzene rings is 1. The van der Waals surface area contributed by atoms with E-state index in [1.807, 2.05) is 0 Å². The third kappa shape index (κ3) is 5.08. The van der Waals surface area contributed by atoms with Crippen LogP contribution in [0.25, 0.3) is 0 Å². The predicted octanol–water partition coefficient (Wildman–Crippen LogP) is 3.26. The Morgan fingerprint density at radius 3 is 2.82 bits per heavy atom. The van der Waals surface area contributed by atoms with E-state index in [4.69, 9.17) is 18.9 Å². The molecule has 0 unspecified atom stereocenters. The number of ether oxygens (including phenoxy) is 5. The maximum absolute atomic E-state index is 13.8. The minimum atomic E-state index is -4.75. The zero-order valence-electron chi connectivity index (χ0n) is 18.1. The largest absolute Gasteiger partial charge is 0.522 e. The van der Waals surface area contributed by atoms with Crippen molar-refractivity contribution < 1.29 is 46.0 Å². The van der Waals surface area contributed by atoms with Gasteiger partial charge in [-0.3, -0.25) is 9.53 Å². The van der Waals surface area contributed by atoms with Gasteiger partial charge in [0.15, 0.2) is 5.75 Å². The lowest BCUT2D eigenvalue weighted by Gasteiger charge is -2.41. The van der Waals surface area contributed by atoms with Gasteiger partial charge in [0, 0.05) is 13.0 Å². The van der Waals surface area contributed by atoms with Crippen molar-refractivity contribution in [1.82, 2.24) is 9.88 Å². The molecule has 0 N–H and O–H groups in total. The van der Waals surface area contributed by atoms with E-state index in [1.54, 1.807) is 17.0 Å². The zero-order chi connectivity index (χ0) is 24.3. The van der Waals surface area contributed by atoms with Gasteiger partial charge < -0.3 is 23.8 Å². The number of hydrogen-bond donors (Lipinski definition) is 0. The fraction of sp³-hybridized carbons (Fsp3) is 0.455. The van der Waals surface area contributed by atoms with Crippen LogP contribution in [0.4, 0.5) is 17.6 Å². The van der Waals surface area contributed by atoms with Gasteiger partial charge in [-0.25, -0.2) is 9.37 Å². The molecule has 34 heavy (non-hydrogen) atoms. The molecule has 184 valence electrons. The molecule has 2 atom stereocenters. The quantitative estimate of drug-likeness (QED) is 0.439. The molecule has 1 amide bonds. The second-order valence-corrected chi connectivity index (χ2v) is 7.67. The van der Waals surface area contributed by atoms with Crippen molar-refractivity contribution in [1.29, 1.82) is 0 Å². The van der Waals surface area contributed by atoms with Crippen molar-refractivity contribution in [3.63, 3.8) is 0 Å². The highest BCUT2D eigenvalue weighted by Gasteiger charge is 2.51. The molecule has 2 aromatic rings. The summed E-state index contributed by atoms with van der Waals surface area (Å²) in [4.78, 5) is 18.8. The molecule has 2 aliphatic rings. The summed E-state index contributed by atoms with van der Waals surface area (Å²) in [5.74, 6) is -0.762. The zero-order valence-corrected chi connectivity index (χ0v) is 18.1. The number of hydrogen-bond acceptors (Lipinski definition) is 7. The number of methoxy groups -OCH3 is 1. The van der Waals surface area contributed by atoms with Crippen LogP contribution in [0.1, 0.15) is 22.5 Å². The molecule has 0 aliphatic carbocycles. The molecular weight excluding hydrogens is 464 g/mol. The van der Waals surface area contributed by atoms with E-state index in [9.17, 15) is 22.4 Å². The van der Waals surface area contributed by atoms with E-state index in [0.717, 1.165) is 0 Å². The Hall–Kier alpha value is -2.96. The summed E-state index contributed by atoms with van der Waals surface area (Å²) in [5, 5.41) is 0. The van der Waals surface area contributed by atoms with Crippen LogP contribution in [0, 0.1) is 5.82 Å². The molecule has 1 aromatic heterocycles. The average molecular weight is 486 g/mol. The smallest absolute Gasteiger partial charge is 0.486 e. The van der Waals surface area contributed by atoms with E-state index in [-0.39, 0.29) is 36.5 Å². The van der Waals surface area contributed by atoms with Gasteiger partial charge in [0.25, 0.3) is 11.8 Å². The Morgan fingerprint density at radius 1 is 1.26 bits per heavy atom. The first-order valence-corrected chi connectivity index (χ1v) is 10.4. The number of nitrogens with zero attached hydrogens (tertiary/aromatic N) is 2. The van der Waals surface area contributed by atoms with Crippen molar-refractivity contribution in [3.8, 4) is 11.6 Å². The first kappa shape index (κ1) is 24.2. The van der Waals surface area contributed by atoms with Crippen LogP contribution in [0.15, 0.2) is 36.4 Å². The highest BCUT2D eigenvalue weighted by molar-refractivity contribution is 5.92. The standard InChI is InChI=1S/C22H22F4N2O6/c1-30-19-17(31-9-10-33-22(24,25)26)6-5-16(27-19)20(29)28-8-7-21(18(12-28)32-13-34-21)14-3-2-4-15(23)11-14/h2-6,11,18H,7-10,12-13H2,1H3/t18-,21-/m1/s1. The van der Waals surface area contributed by atoms with Gasteiger partial charge in [0.1, 0.15) is 36.6 Å². The minimum Gasteiger partial charge on any atom is -0.486 e. The molecule has 1 aromatic carbocycles. The summed E-state index contributed by atoms with van der Waals surface area (Å²) in [6.07, 6.45) is -4.86. The summed E-state index contributed by atoms with van der Waals surface area (Å²) in [6, 6.07) is 8.91. The summed E-state index contributed by atoms with van der Waals surface area (Å²) in [7, 11) is 1.30. The molecule has 2 fully saturated rings. The van der Waals surface area contributed by atoms with E-state index in [2.05, 4.69) is 9.72 Å². The Bertz CT molecular complexity index is 1040. The number of piperidine rings is 1. The van der Waals surface area contributed by atoms with E-state index in [1.165, 1.54) is 31.4 Å². The van der Waals surface area contributed by atoms with E-state index >= 15 is 0 Å². The molecule has 4 rings (SSSR count). The molecule has 0 bridgehead atoms. The van der Waals surface area contributed by atoms with Gasteiger partial charge in [-0.1, -0.05) is 12.1 Å². The van der Waals surface area contributed by atoms with Gasteiger partial charge >= 0.3 is 6.36 Å². The maximum atomic E-state index is 13.8. The van der Waals surface area contributed by atoms with E-state index < -0.39 is 37.2 Å². The normalized spacial score (nSPS) is 22.4. The highest BCUT2D eigenvalue weighted by atomic mass is 19.4. The lowest BCUT2D eigenvalue weighted by atomic mass is 9.82. The van der Waals surface area contributed by atoms with Crippen LogP contribution in [0.2, 0.25) is 0 Å². The average Bonchev–Trinajstić information content (AvgIpc) is 3.25. The Kier molecular flexibility index (Phi) is 6.91. The third-order valence-corrected chi connectivity index (χ3v) is 5.69. The maximum Gasteiger partial charge on any atom is 0.522 e. The Labute approximate surface area is 192 Å². The topological polar surface area (TPSA) is 79.4 Å². The highest BCUT2D eigenvalue weighted by Crippen LogP contribution is 2.43. The molecule has 0 saturated carbocycles. The summed E-state index contributed by atoms with van der Waals surface area (Å²) < 4.78 is 75.6. The van der Waals surface area contributed by atoms with Crippen molar-refractivity contribution in [2.24, 2.45) is 0 Å². The van der Waals surface area contributed by atoms with Crippen LogP contribution in [-0.2, 0) is 19.8 Å². The van der Waals surface area contributed by atoms with Crippen molar-refractivity contribution >= 4 is 5.91 Å². The van der Waals surface area contributed by atoms with Crippen LogP contribution in [0.5, 0.6) is 11.6 Å². The number of rotatable bonds is 7. The SMILES string of the molecule is COc1nc(C(=O)N2CC[C@]3(c4cccc(F)c4)OCO[C@@H]3C2)ccc1OCCOC(F)(F)F. The summed E-state index contributed by atoms with van der Waals surface area (Å²) in [5.41, 5.74) is -0.133. The number of likely N-dealkylation sites (tertiary alicyclic amines) is 1. The molecule has 2 saturated heterocycles. The van der Waals surface area contributed by atoms with Gasteiger partial charge in [-0.2, -0.15) is 0 Å². The first-order valence-electron chi connectivity index (χ1n) is 10.4. The fourth-order valence-corrected chi connectivity index (χ4v) is 4.10. The van der Waals surface area contributed by atoms with Gasteiger partial charge in [-0.05, 0) is 29.8 Å². The number of carbonyl (C=O) groups is 1. The van der Waals surface area contributed by atoms with Gasteiger partial charge in [0.05, 0.1) is 20.3 Å². The van der Waals surface area contributed by atoms with Crippen LogP contribution in [0.3, 0.4) is 0 Å². The molecular formula is C22H22F4N2O6. The molecule has 8 nitrogen and oxygen atoms in total. The lowest BCUT2D eigenvalue weighted by molar-refractivity contribution is -0.325. The minimum absolute atomic E-state index is 0.0272. The van der Waals surface area contributed by atoms with Gasteiger partial charge in [0.2, 0.25) is 0 Å². The number of alkyl halides is 3. The van der Waals surface area contributed by atoms with Crippen molar-refractivity contribution in [2.45, 2.75) is 24.5 Å². The molecule has 0 spiro atoms. The summed E-state index contributed by atoms with van der Waals surface area (Å²) >= 11 is 0. The van der Waals surface area contributed by atoms with Crippen LogP contribution < -0.4 is 9.47 Å². The summed E-state index contributed by atoms with van der Waals surface area (Å²) in [6.45, 7) is -0.562. The predicted molar refractivity (Wildman–Crippen MR) is 108 cm³/mol. The number of aromatic nitrogens is 1. The van der Waals surface area contributed by atoms with Crippen molar-refractivity contribution in [2.75, 3.05) is 40.2 Å². The number of pyridine rings is 1. The molecule has 2 aliphatic heterocycles. The number of fused-ring (bicyclic) bond motifs is 1. The second-order valence-electron chi connectivity index (χ2n) is 7.67.